The Bertz CT molecular complexity index is 509. The van der Waals surface area contributed by atoms with Crippen LogP contribution in [0.2, 0.25) is 0 Å². The number of carbonyl (C=O) groups is 1. The maximum atomic E-state index is 12.4. The van der Waals surface area contributed by atoms with Crippen LogP contribution in [0.4, 0.5) is 0 Å². The fraction of sp³-hybridized carbons (Fsp3) is 0.588. The summed E-state index contributed by atoms with van der Waals surface area (Å²) >= 11 is 0. The van der Waals surface area contributed by atoms with Crippen molar-refractivity contribution in [3.8, 4) is 0 Å². The number of benzene rings is 1. The molecule has 114 valence electrons. The standard InChI is InChI=1S/C17H24N2O2/c20-12-17(7-3-4-8-17)11-19-16(21)15-9-13-5-1-2-6-14(13)10-18-15/h1-2,5-6,15,18,20H,3-4,7-12H2,(H,19,21). The highest BCUT2D eigenvalue weighted by atomic mass is 16.3. The van der Waals surface area contributed by atoms with Crippen molar-refractivity contribution in [1.29, 1.82) is 0 Å². The third kappa shape index (κ3) is 3.11. The molecule has 21 heavy (non-hydrogen) atoms. The molecule has 4 nitrogen and oxygen atoms in total. The number of rotatable bonds is 4. The lowest BCUT2D eigenvalue weighted by Gasteiger charge is -2.29. The first-order valence-electron chi connectivity index (χ1n) is 7.91. The SMILES string of the molecule is O=C(NCC1(CO)CCCC1)C1Cc2ccccc2CN1. The molecule has 0 spiro atoms. The molecule has 0 bridgehead atoms. The average molecular weight is 288 g/mol. The van der Waals surface area contributed by atoms with Gasteiger partial charge in [-0.1, -0.05) is 37.1 Å². The zero-order chi connectivity index (χ0) is 14.7. The molecule has 1 aliphatic heterocycles. The van der Waals surface area contributed by atoms with Gasteiger partial charge in [-0.15, -0.1) is 0 Å². The summed E-state index contributed by atoms with van der Waals surface area (Å²) in [5.41, 5.74) is 2.46. The van der Waals surface area contributed by atoms with Crippen LogP contribution in [-0.2, 0) is 17.8 Å². The van der Waals surface area contributed by atoms with Crippen LogP contribution >= 0.6 is 0 Å². The average Bonchev–Trinajstić information content (AvgIpc) is 3.01. The van der Waals surface area contributed by atoms with Crippen LogP contribution in [0.1, 0.15) is 36.8 Å². The lowest BCUT2D eigenvalue weighted by molar-refractivity contribution is -0.124. The third-order valence-electron chi connectivity index (χ3n) is 5.04. The highest BCUT2D eigenvalue weighted by Gasteiger charge is 2.34. The van der Waals surface area contributed by atoms with Crippen LogP contribution in [0.25, 0.3) is 0 Å². The molecule has 0 radical (unpaired) electrons. The van der Waals surface area contributed by atoms with E-state index >= 15 is 0 Å². The molecule has 1 aromatic rings. The van der Waals surface area contributed by atoms with Gasteiger partial charge in [0.1, 0.15) is 0 Å². The molecule has 1 aromatic carbocycles. The van der Waals surface area contributed by atoms with E-state index in [1.807, 2.05) is 12.1 Å². The predicted molar refractivity (Wildman–Crippen MR) is 81.8 cm³/mol. The van der Waals surface area contributed by atoms with Crippen LogP contribution in [0.15, 0.2) is 24.3 Å². The van der Waals surface area contributed by atoms with Gasteiger partial charge in [0.15, 0.2) is 0 Å². The van der Waals surface area contributed by atoms with Gasteiger partial charge in [0, 0.05) is 18.5 Å². The molecular weight excluding hydrogens is 264 g/mol. The van der Waals surface area contributed by atoms with E-state index in [9.17, 15) is 9.90 Å². The van der Waals surface area contributed by atoms with E-state index in [4.69, 9.17) is 0 Å². The predicted octanol–water partition coefficient (Wildman–Crippen LogP) is 1.37. The van der Waals surface area contributed by atoms with Crippen LogP contribution in [0.3, 0.4) is 0 Å². The third-order valence-corrected chi connectivity index (χ3v) is 5.04. The van der Waals surface area contributed by atoms with E-state index in [1.165, 1.54) is 11.1 Å². The van der Waals surface area contributed by atoms with Crippen LogP contribution in [-0.4, -0.2) is 30.2 Å². The first kappa shape index (κ1) is 14.5. The van der Waals surface area contributed by atoms with E-state index in [0.29, 0.717) is 6.54 Å². The Morgan fingerprint density at radius 2 is 2.00 bits per heavy atom. The molecule has 3 rings (SSSR count). The molecule has 1 atom stereocenters. The van der Waals surface area contributed by atoms with Crippen molar-refractivity contribution in [3.63, 3.8) is 0 Å². The summed E-state index contributed by atoms with van der Waals surface area (Å²) in [4.78, 5) is 12.4. The van der Waals surface area contributed by atoms with Crippen LogP contribution in [0, 0.1) is 5.41 Å². The minimum atomic E-state index is -0.156. The molecule has 1 aliphatic carbocycles. The Balaban J connectivity index is 1.57. The van der Waals surface area contributed by atoms with Crippen molar-refractivity contribution in [1.82, 2.24) is 10.6 Å². The zero-order valence-electron chi connectivity index (χ0n) is 12.4. The van der Waals surface area contributed by atoms with Crippen molar-refractivity contribution in [2.45, 2.75) is 44.7 Å². The van der Waals surface area contributed by atoms with Crippen LogP contribution in [0.5, 0.6) is 0 Å². The summed E-state index contributed by atoms with van der Waals surface area (Å²) in [7, 11) is 0. The van der Waals surface area contributed by atoms with Gasteiger partial charge in [-0.05, 0) is 30.4 Å². The van der Waals surface area contributed by atoms with Gasteiger partial charge in [-0.25, -0.2) is 0 Å². The van der Waals surface area contributed by atoms with E-state index in [2.05, 4.69) is 22.8 Å². The van der Waals surface area contributed by atoms with Gasteiger partial charge in [0.05, 0.1) is 12.6 Å². The summed E-state index contributed by atoms with van der Waals surface area (Å²) in [6, 6.07) is 8.11. The number of nitrogens with one attached hydrogen (secondary N) is 2. The van der Waals surface area contributed by atoms with E-state index in [1.54, 1.807) is 0 Å². The van der Waals surface area contributed by atoms with Crippen molar-refractivity contribution in [2.24, 2.45) is 5.41 Å². The lowest BCUT2D eigenvalue weighted by Crippen LogP contribution is -2.50. The quantitative estimate of drug-likeness (QED) is 0.784. The van der Waals surface area contributed by atoms with E-state index in [-0.39, 0.29) is 24.0 Å². The minimum Gasteiger partial charge on any atom is -0.396 e. The van der Waals surface area contributed by atoms with Gasteiger partial charge in [0.2, 0.25) is 5.91 Å². The van der Waals surface area contributed by atoms with Crippen molar-refractivity contribution in [3.05, 3.63) is 35.4 Å². The maximum absolute atomic E-state index is 12.4. The number of aliphatic hydroxyl groups excluding tert-OH is 1. The first-order valence-corrected chi connectivity index (χ1v) is 7.91. The number of amides is 1. The molecule has 1 unspecified atom stereocenters. The summed E-state index contributed by atoms with van der Waals surface area (Å²) < 4.78 is 0. The Morgan fingerprint density at radius 3 is 2.71 bits per heavy atom. The molecule has 3 N–H and O–H groups in total. The molecule has 1 saturated carbocycles. The molecule has 1 fully saturated rings. The van der Waals surface area contributed by atoms with Crippen LogP contribution < -0.4 is 10.6 Å². The number of fused-ring (bicyclic) bond motifs is 1. The van der Waals surface area contributed by atoms with Crippen molar-refractivity contribution in [2.75, 3.05) is 13.2 Å². The molecule has 0 saturated heterocycles. The van der Waals surface area contributed by atoms with Crippen molar-refractivity contribution < 1.29 is 9.90 Å². The second kappa shape index (κ2) is 6.16. The van der Waals surface area contributed by atoms with Gasteiger partial charge in [-0.3, -0.25) is 4.79 Å². The Morgan fingerprint density at radius 1 is 1.29 bits per heavy atom. The van der Waals surface area contributed by atoms with E-state index in [0.717, 1.165) is 38.6 Å². The number of hydrogen-bond acceptors (Lipinski definition) is 3. The molecule has 2 aliphatic rings. The van der Waals surface area contributed by atoms with Crippen molar-refractivity contribution >= 4 is 5.91 Å². The second-order valence-corrected chi connectivity index (χ2v) is 6.49. The summed E-state index contributed by atoms with van der Waals surface area (Å²) in [6.45, 7) is 1.52. The Labute approximate surface area is 125 Å². The maximum Gasteiger partial charge on any atom is 0.237 e. The lowest BCUT2D eigenvalue weighted by atomic mass is 9.87. The summed E-state index contributed by atoms with van der Waals surface area (Å²) in [5.74, 6) is 0.0595. The Hall–Kier alpha value is -1.39. The fourth-order valence-corrected chi connectivity index (χ4v) is 3.55. The molecule has 0 aromatic heterocycles. The second-order valence-electron chi connectivity index (χ2n) is 6.49. The normalized spacial score (nSPS) is 23.6. The Kier molecular flexibility index (Phi) is 4.27. The highest BCUT2D eigenvalue weighted by Crippen LogP contribution is 2.36. The number of aliphatic hydroxyl groups is 1. The van der Waals surface area contributed by atoms with Gasteiger partial charge < -0.3 is 15.7 Å². The molecule has 1 amide bonds. The molecular formula is C17H24N2O2. The summed E-state index contributed by atoms with van der Waals surface area (Å²) in [6.07, 6.45) is 5.10. The molecule has 1 heterocycles. The molecule has 4 heteroatoms. The zero-order valence-corrected chi connectivity index (χ0v) is 12.4. The number of carbonyl (C=O) groups excluding carboxylic acids is 1. The smallest absolute Gasteiger partial charge is 0.237 e. The number of hydrogen-bond donors (Lipinski definition) is 3. The van der Waals surface area contributed by atoms with Gasteiger partial charge in [0.25, 0.3) is 0 Å². The minimum absolute atomic E-state index is 0.0595. The largest absolute Gasteiger partial charge is 0.396 e. The van der Waals surface area contributed by atoms with E-state index < -0.39 is 0 Å². The highest BCUT2D eigenvalue weighted by molar-refractivity contribution is 5.82. The summed E-state index contributed by atoms with van der Waals surface area (Å²) in [5, 5.41) is 16.0. The monoisotopic (exact) mass is 288 g/mol. The van der Waals surface area contributed by atoms with Gasteiger partial charge >= 0.3 is 0 Å². The first-order chi connectivity index (χ1) is 10.2. The van der Waals surface area contributed by atoms with Gasteiger partial charge in [-0.2, -0.15) is 0 Å². The fourth-order valence-electron chi connectivity index (χ4n) is 3.55. The topological polar surface area (TPSA) is 61.4 Å².